The molecule has 0 aliphatic carbocycles. The van der Waals surface area contributed by atoms with Gasteiger partial charge in [0.1, 0.15) is 12.3 Å². The van der Waals surface area contributed by atoms with Crippen LogP contribution in [-0.4, -0.2) is 68.2 Å². The summed E-state index contributed by atoms with van der Waals surface area (Å²) in [5, 5.41) is 5.24. The molecule has 0 saturated carbocycles. The molecular formula is C19H23N3O7. The highest BCUT2D eigenvalue weighted by Gasteiger charge is 2.55. The van der Waals surface area contributed by atoms with Crippen molar-refractivity contribution in [2.24, 2.45) is 0 Å². The van der Waals surface area contributed by atoms with E-state index in [1.54, 1.807) is 24.3 Å². The van der Waals surface area contributed by atoms with E-state index in [-0.39, 0.29) is 19.6 Å². The first-order valence-corrected chi connectivity index (χ1v) is 9.21. The number of carbonyl (C=O) groups is 4. The lowest BCUT2D eigenvalue weighted by atomic mass is 9.84. The number of benzene rings is 1. The lowest BCUT2D eigenvalue weighted by Gasteiger charge is -2.33. The minimum Gasteiger partial charge on any atom is -0.493 e. The first-order valence-electron chi connectivity index (χ1n) is 9.21. The smallest absolute Gasteiger partial charge is 0.327 e. The molecule has 0 aromatic heterocycles. The molecule has 2 aliphatic rings. The number of methoxy groups -OCH3 is 1. The Morgan fingerprint density at radius 3 is 2.86 bits per heavy atom. The van der Waals surface area contributed by atoms with Crippen molar-refractivity contribution in [1.82, 2.24) is 15.5 Å². The number of imide groups is 1. The Kier molecular flexibility index (Phi) is 6.02. The van der Waals surface area contributed by atoms with Crippen LogP contribution in [0.1, 0.15) is 18.9 Å². The van der Waals surface area contributed by atoms with Gasteiger partial charge in [-0.2, -0.15) is 0 Å². The van der Waals surface area contributed by atoms with Gasteiger partial charge in [-0.15, -0.1) is 0 Å². The van der Waals surface area contributed by atoms with E-state index in [1.165, 1.54) is 14.0 Å². The summed E-state index contributed by atoms with van der Waals surface area (Å²) in [5.74, 6) is -1.40. The zero-order chi connectivity index (χ0) is 21.0. The van der Waals surface area contributed by atoms with Gasteiger partial charge in [0, 0.05) is 25.6 Å². The Bertz CT molecular complexity index is 828. The summed E-state index contributed by atoms with van der Waals surface area (Å²) in [6.45, 7) is 1.66. The largest absolute Gasteiger partial charge is 0.493 e. The zero-order valence-corrected chi connectivity index (χ0v) is 16.2. The molecule has 1 saturated heterocycles. The van der Waals surface area contributed by atoms with Crippen LogP contribution in [0.15, 0.2) is 24.3 Å². The number of ether oxygens (including phenoxy) is 3. The molecule has 4 amide bonds. The average Bonchev–Trinajstić information content (AvgIpc) is 2.93. The van der Waals surface area contributed by atoms with Crippen LogP contribution < -0.4 is 15.4 Å². The standard InChI is InChI=1S/C19H23N3O7/c1-12(16(24)20-8-10-27-2)29-15(23)11-22-17(25)19(21-18(22)26)7-9-28-14-6-4-3-5-13(14)19/h3-6,12H,7-11H2,1-2H3,(H,20,24)(H,21,26)/t12-,19-/m1/s1. The molecule has 0 bridgehead atoms. The van der Waals surface area contributed by atoms with Gasteiger partial charge in [-0.25, -0.2) is 4.79 Å². The minimum atomic E-state index is -1.27. The Morgan fingerprint density at radius 1 is 1.34 bits per heavy atom. The van der Waals surface area contributed by atoms with E-state index in [1.807, 2.05) is 0 Å². The summed E-state index contributed by atoms with van der Waals surface area (Å²) in [5.41, 5.74) is -0.721. The van der Waals surface area contributed by atoms with Crippen LogP contribution in [0.3, 0.4) is 0 Å². The van der Waals surface area contributed by atoms with Gasteiger partial charge >= 0.3 is 12.0 Å². The minimum absolute atomic E-state index is 0.248. The van der Waals surface area contributed by atoms with Crippen molar-refractivity contribution in [1.29, 1.82) is 0 Å². The third-order valence-corrected chi connectivity index (χ3v) is 4.83. The number of nitrogens with one attached hydrogen (secondary N) is 2. The molecule has 10 nitrogen and oxygen atoms in total. The number of para-hydroxylation sites is 1. The van der Waals surface area contributed by atoms with Crippen LogP contribution >= 0.6 is 0 Å². The van der Waals surface area contributed by atoms with Gasteiger partial charge in [-0.3, -0.25) is 19.3 Å². The highest BCUT2D eigenvalue weighted by molar-refractivity contribution is 6.09. The molecule has 1 spiro atoms. The third kappa shape index (κ3) is 4.02. The first kappa shape index (κ1) is 20.6. The highest BCUT2D eigenvalue weighted by atomic mass is 16.5. The molecule has 2 aliphatic heterocycles. The number of esters is 1. The molecule has 0 radical (unpaired) electrons. The average molecular weight is 405 g/mol. The van der Waals surface area contributed by atoms with E-state index in [2.05, 4.69) is 10.6 Å². The second-order valence-electron chi connectivity index (χ2n) is 6.74. The van der Waals surface area contributed by atoms with Crippen LogP contribution in [0, 0.1) is 0 Å². The van der Waals surface area contributed by atoms with Gasteiger partial charge in [0.05, 0.1) is 13.2 Å². The summed E-state index contributed by atoms with van der Waals surface area (Å²) in [6.07, 6.45) is -0.823. The molecular weight excluding hydrogens is 382 g/mol. The fourth-order valence-electron chi connectivity index (χ4n) is 3.35. The summed E-state index contributed by atoms with van der Waals surface area (Å²) in [7, 11) is 1.50. The number of urea groups is 1. The van der Waals surface area contributed by atoms with E-state index in [0.29, 0.717) is 17.9 Å². The monoisotopic (exact) mass is 405 g/mol. The van der Waals surface area contributed by atoms with Crippen molar-refractivity contribution in [3.05, 3.63) is 29.8 Å². The molecule has 0 unspecified atom stereocenters. The molecule has 2 atom stereocenters. The molecule has 1 fully saturated rings. The molecule has 2 N–H and O–H groups in total. The van der Waals surface area contributed by atoms with E-state index < -0.39 is 42.0 Å². The lowest BCUT2D eigenvalue weighted by molar-refractivity contribution is -0.156. The normalized spacial score (nSPS) is 21.2. The predicted molar refractivity (Wildman–Crippen MR) is 98.9 cm³/mol. The molecule has 2 heterocycles. The van der Waals surface area contributed by atoms with Crippen LogP contribution in [0.5, 0.6) is 5.75 Å². The lowest BCUT2D eigenvalue weighted by Crippen LogP contribution is -2.48. The maximum Gasteiger partial charge on any atom is 0.327 e. The van der Waals surface area contributed by atoms with E-state index in [0.717, 1.165) is 4.90 Å². The van der Waals surface area contributed by atoms with Crippen molar-refractivity contribution in [2.45, 2.75) is 25.0 Å². The van der Waals surface area contributed by atoms with Crippen LogP contribution in [-0.2, 0) is 29.4 Å². The fraction of sp³-hybridized carbons (Fsp3) is 0.474. The summed E-state index contributed by atoms with van der Waals surface area (Å²) in [6, 6.07) is 6.25. The molecule has 10 heteroatoms. The molecule has 29 heavy (non-hydrogen) atoms. The van der Waals surface area contributed by atoms with E-state index in [4.69, 9.17) is 14.2 Å². The van der Waals surface area contributed by atoms with Crippen LogP contribution in [0.4, 0.5) is 4.79 Å². The number of amides is 4. The van der Waals surface area contributed by atoms with Gasteiger partial charge in [0.25, 0.3) is 11.8 Å². The number of fused-ring (bicyclic) bond motifs is 2. The molecule has 3 rings (SSSR count). The van der Waals surface area contributed by atoms with Gasteiger partial charge < -0.3 is 24.8 Å². The summed E-state index contributed by atoms with van der Waals surface area (Å²) in [4.78, 5) is 50.4. The number of carbonyl (C=O) groups excluding carboxylic acids is 4. The zero-order valence-electron chi connectivity index (χ0n) is 16.2. The third-order valence-electron chi connectivity index (χ3n) is 4.83. The van der Waals surface area contributed by atoms with E-state index >= 15 is 0 Å². The van der Waals surface area contributed by atoms with Crippen LogP contribution in [0.25, 0.3) is 0 Å². The Balaban J connectivity index is 1.66. The quantitative estimate of drug-likeness (QED) is 0.369. The van der Waals surface area contributed by atoms with Crippen molar-refractivity contribution in [3.8, 4) is 5.75 Å². The van der Waals surface area contributed by atoms with Gasteiger partial charge in [0.15, 0.2) is 11.6 Å². The Labute approximate surface area is 167 Å². The number of hydrogen-bond donors (Lipinski definition) is 2. The van der Waals surface area contributed by atoms with E-state index in [9.17, 15) is 19.2 Å². The van der Waals surface area contributed by atoms with Gasteiger partial charge in [0.2, 0.25) is 0 Å². The second-order valence-corrected chi connectivity index (χ2v) is 6.74. The summed E-state index contributed by atoms with van der Waals surface area (Å²) >= 11 is 0. The Hall–Kier alpha value is -3.14. The van der Waals surface area contributed by atoms with Crippen molar-refractivity contribution < 1.29 is 33.4 Å². The number of nitrogens with zero attached hydrogens (tertiary/aromatic N) is 1. The molecule has 1 aromatic rings. The fourth-order valence-corrected chi connectivity index (χ4v) is 3.35. The van der Waals surface area contributed by atoms with Crippen molar-refractivity contribution in [2.75, 3.05) is 33.4 Å². The van der Waals surface area contributed by atoms with Gasteiger partial charge in [-0.05, 0) is 13.0 Å². The maximum atomic E-state index is 13.1. The molecule has 156 valence electrons. The second kappa shape index (κ2) is 8.48. The molecule has 1 aromatic carbocycles. The first-order chi connectivity index (χ1) is 13.9. The Morgan fingerprint density at radius 2 is 2.10 bits per heavy atom. The number of rotatable bonds is 7. The number of hydrogen-bond acceptors (Lipinski definition) is 7. The van der Waals surface area contributed by atoms with Crippen molar-refractivity contribution in [3.63, 3.8) is 0 Å². The summed E-state index contributed by atoms with van der Waals surface area (Å²) < 4.78 is 15.4. The van der Waals surface area contributed by atoms with Gasteiger partial charge in [-0.1, -0.05) is 18.2 Å². The SMILES string of the molecule is COCCNC(=O)[C@@H](C)OC(=O)CN1C(=O)N[C@@]2(CCOc3ccccc32)C1=O. The van der Waals surface area contributed by atoms with Crippen LogP contribution in [0.2, 0.25) is 0 Å². The topological polar surface area (TPSA) is 123 Å². The maximum absolute atomic E-state index is 13.1. The predicted octanol–water partition coefficient (Wildman–Crippen LogP) is -0.0895. The highest BCUT2D eigenvalue weighted by Crippen LogP contribution is 2.40. The van der Waals surface area contributed by atoms with Crippen molar-refractivity contribution >= 4 is 23.8 Å².